The topological polar surface area (TPSA) is 9.23 Å². The predicted molar refractivity (Wildman–Crippen MR) is 192 cm³/mol. The van der Waals surface area contributed by atoms with E-state index in [0.717, 1.165) is 34.1 Å². The molecule has 9 heteroatoms. The van der Waals surface area contributed by atoms with Gasteiger partial charge in [-0.25, -0.2) is 0 Å². The molecule has 254 valence electrons. The van der Waals surface area contributed by atoms with Crippen molar-refractivity contribution in [3.63, 3.8) is 0 Å². The molecular formula is C40H34F6OS2. The minimum atomic E-state index is -5.63. The Morgan fingerprint density at radius 1 is 0.592 bits per heavy atom. The maximum absolute atomic E-state index is 16.4. The monoisotopic (exact) mass is 708 g/mol. The summed E-state index contributed by atoms with van der Waals surface area (Å²) in [4.78, 5) is 0.838. The second-order valence-corrected chi connectivity index (χ2v) is 14.9. The lowest BCUT2D eigenvalue weighted by Gasteiger charge is -2.26. The summed E-state index contributed by atoms with van der Waals surface area (Å²) in [7, 11) is 1.60. The number of thiophene rings is 2. The number of rotatable bonds is 10. The average Bonchev–Trinajstić information content (AvgIpc) is 3.67. The van der Waals surface area contributed by atoms with Crippen LogP contribution >= 0.6 is 22.7 Å². The first kappa shape index (κ1) is 33.7. The number of hydrogen-bond donors (Lipinski definition) is 0. The van der Waals surface area contributed by atoms with Gasteiger partial charge in [0.2, 0.25) is 0 Å². The van der Waals surface area contributed by atoms with Gasteiger partial charge in [0.25, 0.3) is 0 Å². The number of alkyl halides is 6. The number of ether oxygens (including phenoxy) is 1. The Morgan fingerprint density at radius 2 is 1.12 bits per heavy atom. The normalized spacial score (nSPS) is 16.8. The molecule has 0 saturated heterocycles. The van der Waals surface area contributed by atoms with E-state index in [-0.39, 0.29) is 16.5 Å². The number of hydrogen-bond acceptors (Lipinski definition) is 3. The van der Waals surface area contributed by atoms with E-state index in [1.807, 2.05) is 56.3 Å². The van der Waals surface area contributed by atoms with Crippen LogP contribution in [0.3, 0.4) is 0 Å². The van der Waals surface area contributed by atoms with E-state index in [9.17, 15) is 0 Å². The van der Waals surface area contributed by atoms with Gasteiger partial charge in [-0.15, -0.1) is 22.7 Å². The molecule has 0 spiro atoms. The van der Waals surface area contributed by atoms with Crippen molar-refractivity contribution in [3.8, 4) is 16.9 Å². The lowest BCUT2D eigenvalue weighted by molar-refractivity contribution is -0.254. The fraction of sp³-hybridized carbons (Fsp3) is 0.300. The van der Waals surface area contributed by atoms with Gasteiger partial charge in [-0.2, -0.15) is 26.3 Å². The minimum Gasteiger partial charge on any atom is -0.497 e. The molecule has 1 nitrogen and oxygen atoms in total. The standard InChI is InChI=1S/C40H34F6OS2/c1-4-6-11-31-34(28-10-8-9-13-30(28)48-31)36-37(39(43,44)40(45,46)38(36,41)42)35-29-19-17-26(22-33(29)49-32(35)12-7-5-2)23-14-15-25-21-27(47-3)18-16-24(25)20-23/h8-10,13-22H,4-7,11-12H2,1-3H3. The summed E-state index contributed by atoms with van der Waals surface area (Å²) >= 11 is 2.43. The molecule has 0 amide bonds. The number of benzene rings is 4. The summed E-state index contributed by atoms with van der Waals surface area (Å²) in [5.41, 5.74) is -1.16. The van der Waals surface area contributed by atoms with Gasteiger partial charge in [0.15, 0.2) is 0 Å². The summed E-state index contributed by atoms with van der Waals surface area (Å²) in [6, 6.07) is 23.5. The van der Waals surface area contributed by atoms with E-state index in [2.05, 4.69) is 0 Å². The van der Waals surface area contributed by atoms with Crippen LogP contribution in [0.1, 0.15) is 60.4 Å². The SMILES string of the molecule is CCCCc1sc2ccccc2c1C1=C(c2c(CCCC)sc3cc(-c4ccc5cc(OC)ccc5c4)ccc23)C(F)(F)C(F)(F)C1(F)F. The zero-order chi connectivity index (χ0) is 34.7. The van der Waals surface area contributed by atoms with Crippen molar-refractivity contribution in [1.29, 1.82) is 0 Å². The molecule has 0 N–H and O–H groups in total. The molecule has 0 fully saturated rings. The van der Waals surface area contributed by atoms with Crippen molar-refractivity contribution in [2.24, 2.45) is 0 Å². The first-order valence-corrected chi connectivity index (χ1v) is 18.1. The molecule has 49 heavy (non-hydrogen) atoms. The van der Waals surface area contributed by atoms with E-state index < -0.39 is 28.9 Å². The maximum atomic E-state index is 16.4. The molecule has 0 radical (unpaired) electrons. The van der Waals surface area contributed by atoms with Gasteiger partial charge in [-0.3, -0.25) is 0 Å². The second kappa shape index (κ2) is 12.5. The fourth-order valence-electron chi connectivity index (χ4n) is 6.92. The highest BCUT2D eigenvalue weighted by atomic mass is 32.1. The lowest BCUT2D eigenvalue weighted by Crippen LogP contribution is -2.49. The molecule has 2 heterocycles. The van der Waals surface area contributed by atoms with Gasteiger partial charge in [-0.05, 0) is 77.9 Å². The molecule has 2 aromatic heterocycles. The number of halogens is 6. The minimum absolute atomic E-state index is 0.170. The Morgan fingerprint density at radius 3 is 1.76 bits per heavy atom. The van der Waals surface area contributed by atoms with Crippen LogP contribution in [-0.2, 0) is 12.8 Å². The third-order valence-electron chi connectivity index (χ3n) is 9.49. The van der Waals surface area contributed by atoms with Gasteiger partial charge < -0.3 is 4.74 Å². The van der Waals surface area contributed by atoms with E-state index >= 15 is 26.3 Å². The molecule has 1 aliphatic rings. The fourth-order valence-corrected chi connectivity index (χ4v) is 9.46. The van der Waals surface area contributed by atoms with Crippen molar-refractivity contribution in [1.82, 2.24) is 0 Å². The summed E-state index contributed by atoms with van der Waals surface area (Å²) in [5, 5.41) is 2.53. The largest absolute Gasteiger partial charge is 0.497 e. The van der Waals surface area contributed by atoms with E-state index in [1.165, 1.54) is 22.7 Å². The molecular weight excluding hydrogens is 675 g/mol. The van der Waals surface area contributed by atoms with Crippen LogP contribution in [0.5, 0.6) is 5.75 Å². The number of aryl methyl sites for hydroxylation is 2. The first-order valence-electron chi connectivity index (χ1n) is 16.5. The summed E-state index contributed by atoms with van der Waals surface area (Å²) in [6.07, 6.45) is 3.26. The Bertz CT molecular complexity index is 2240. The zero-order valence-corrected chi connectivity index (χ0v) is 28.9. The van der Waals surface area contributed by atoms with Crippen LogP contribution in [0.25, 0.3) is 53.2 Å². The Balaban J connectivity index is 1.50. The Labute approximate surface area is 288 Å². The van der Waals surface area contributed by atoms with Crippen molar-refractivity contribution < 1.29 is 31.1 Å². The molecule has 4 aromatic carbocycles. The van der Waals surface area contributed by atoms with Crippen molar-refractivity contribution >= 4 is 64.8 Å². The zero-order valence-electron chi connectivity index (χ0n) is 27.2. The Hall–Kier alpha value is -3.82. The molecule has 7 rings (SSSR count). The number of methoxy groups -OCH3 is 1. The van der Waals surface area contributed by atoms with Crippen molar-refractivity contribution in [3.05, 3.63) is 99.7 Å². The van der Waals surface area contributed by atoms with Crippen LogP contribution in [0.2, 0.25) is 0 Å². The number of allylic oxidation sites excluding steroid dienone is 2. The Kier molecular flexibility index (Phi) is 8.59. The highest BCUT2D eigenvalue weighted by molar-refractivity contribution is 7.19. The predicted octanol–water partition coefficient (Wildman–Crippen LogP) is 13.5. The summed E-state index contributed by atoms with van der Waals surface area (Å²) < 4.78 is 103. The summed E-state index contributed by atoms with van der Waals surface area (Å²) in [5.74, 6) is -15.1. The van der Waals surface area contributed by atoms with Gasteiger partial charge in [0, 0.05) is 52.2 Å². The highest BCUT2D eigenvalue weighted by Crippen LogP contribution is 2.67. The average molecular weight is 709 g/mol. The van der Waals surface area contributed by atoms with Crippen molar-refractivity contribution in [2.75, 3.05) is 7.11 Å². The lowest BCUT2D eigenvalue weighted by atomic mass is 9.89. The first-order chi connectivity index (χ1) is 23.4. The smallest absolute Gasteiger partial charge is 0.380 e. The molecule has 0 saturated carbocycles. The summed E-state index contributed by atoms with van der Waals surface area (Å²) in [6.45, 7) is 3.88. The molecule has 0 aliphatic heterocycles. The third kappa shape index (κ3) is 5.27. The van der Waals surface area contributed by atoms with Crippen molar-refractivity contribution in [2.45, 2.75) is 70.1 Å². The molecule has 0 atom stereocenters. The third-order valence-corrected chi connectivity index (χ3v) is 11.9. The number of fused-ring (bicyclic) bond motifs is 3. The van der Waals surface area contributed by atoms with Crippen LogP contribution < -0.4 is 4.74 Å². The van der Waals surface area contributed by atoms with E-state index in [4.69, 9.17) is 4.74 Å². The second-order valence-electron chi connectivity index (χ2n) is 12.6. The quantitative estimate of drug-likeness (QED) is 0.129. The van der Waals surface area contributed by atoms with Gasteiger partial charge >= 0.3 is 17.8 Å². The van der Waals surface area contributed by atoms with Gasteiger partial charge in [0.1, 0.15) is 5.75 Å². The van der Waals surface area contributed by atoms with Crippen LogP contribution in [-0.4, -0.2) is 24.9 Å². The molecule has 6 aromatic rings. The van der Waals surface area contributed by atoms with Crippen LogP contribution in [0.4, 0.5) is 26.3 Å². The highest BCUT2D eigenvalue weighted by Gasteiger charge is 2.80. The van der Waals surface area contributed by atoms with E-state index in [1.54, 1.807) is 43.5 Å². The molecule has 0 bridgehead atoms. The van der Waals surface area contributed by atoms with Crippen LogP contribution in [0.15, 0.2) is 78.9 Å². The van der Waals surface area contributed by atoms with Crippen LogP contribution in [0, 0.1) is 0 Å². The maximum Gasteiger partial charge on any atom is 0.380 e. The number of unbranched alkanes of at least 4 members (excludes halogenated alkanes) is 2. The van der Waals surface area contributed by atoms with Gasteiger partial charge in [0.05, 0.1) is 7.11 Å². The van der Waals surface area contributed by atoms with E-state index in [0.29, 0.717) is 56.6 Å². The molecule has 0 unspecified atom stereocenters. The molecule has 1 aliphatic carbocycles. The van der Waals surface area contributed by atoms with Gasteiger partial charge in [-0.1, -0.05) is 75.2 Å².